The molecule has 0 aromatic heterocycles. The predicted molar refractivity (Wildman–Crippen MR) is 90.6 cm³/mol. The van der Waals surface area contributed by atoms with Crippen LogP contribution in [-0.2, 0) is 11.2 Å². The monoisotopic (exact) mass is 305 g/mol. The number of aliphatic imine (C=N–C) groups is 1. The van der Waals surface area contributed by atoms with E-state index >= 15 is 0 Å². The number of para-hydroxylation sites is 1. The average Bonchev–Trinajstić information content (AvgIpc) is 2.99. The van der Waals surface area contributed by atoms with E-state index in [1.54, 1.807) is 12.1 Å². The second-order valence-corrected chi connectivity index (χ2v) is 5.22. The van der Waals surface area contributed by atoms with Gasteiger partial charge in [0, 0.05) is 6.42 Å². The fourth-order valence-corrected chi connectivity index (χ4v) is 2.71. The number of phenols is 1. The zero-order chi connectivity index (χ0) is 16.2. The van der Waals surface area contributed by atoms with Crippen LogP contribution in [-0.4, -0.2) is 22.4 Å². The molecule has 0 radical (unpaired) electrons. The van der Waals surface area contributed by atoms with Crippen LogP contribution in [0.4, 0.5) is 5.69 Å². The number of hydrogen-bond donors (Lipinski definition) is 2. The van der Waals surface area contributed by atoms with Gasteiger partial charge >= 0.3 is 0 Å². The normalized spacial score (nSPS) is 12.1. The zero-order valence-corrected chi connectivity index (χ0v) is 12.3. The van der Waals surface area contributed by atoms with Crippen molar-refractivity contribution in [2.24, 2.45) is 4.99 Å². The van der Waals surface area contributed by atoms with Crippen LogP contribution in [0.25, 0.3) is 10.8 Å². The summed E-state index contributed by atoms with van der Waals surface area (Å²) < 4.78 is 0. The molecular formula is C19H15NO3. The third kappa shape index (κ3) is 3.06. The minimum absolute atomic E-state index is 0.250. The molecule has 114 valence electrons. The van der Waals surface area contributed by atoms with Crippen molar-refractivity contribution in [3.05, 3.63) is 71.8 Å². The number of fused-ring (bicyclic) bond motifs is 2. The zero-order valence-electron chi connectivity index (χ0n) is 12.3. The second-order valence-electron chi connectivity index (χ2n) is 5.22. The Labute approximate surface area is 133 Å². The summed E-state index contributed by atoms with van der Waals surface area (Å²) in [5.41, 5.74) is 4.63. The maximum Gasteiger partial charge on any atom is 0.290 e. The van der Waals surface area contributed by atoms with Crippen molar-refractivity contribution in [3.63, 3.8) is 0 Å². The number of aromatic hydroxyl groups is 1. The van der Waals surface area contributed by atoms with E-state index < -0.39 is 0 Å². The molecule has 3 aromatic rings. The molecule has 0 spiro atoms. The molecule has 4 heteroatoms. The molecule has 23 heavy (non-hydrogen) atoms. The van der Waals surface area contributed by atoms with Gasteiger partial charge in [0.15, 0.2) is 0 Å². The lowest BCUT2D eigenvalue weighted by Crippen LogP contribution is -1.99. The molecule has 2 N–H and O–H groups in total. The van der Waals surface area contributed by atoms with Crippen LogP contribution in [0, 0.1) is 0 Å². The molecule has 0 saturated heterocycles. The fourth-order valence-electron chi connectivity index (χ4n) is 2.71. The van der Waals surface area contributed by atoms with Crippen molar-refractivity contribution in [1.82, 2.24) is 0 Å². The molecular weight excluding hydrogens is 290 g/mol. The highest BCUT2D eigenvalue weighted by molar-refractivity contribution is 6.08. The molecule has 4 rings (SSSR count). The van der Waals surface area contributed by atoms with Gasteiger partial charge in [-0.3, -0.25) is 9.79 Å². The lowest BCUT2D eigenvalue weighted by atomic mass is 10.0. The van der Waals surface area contributed by atoms with E-state index in [0.29, 0.717) is 5.75 Å². The van der Waals surface area contributed by atoms with Crippen molar-refractivity contribution in [2.75, 3.05) is 0 Å². The Morgan fingerprint density at radius 1 is 0.957 bits per heavy atom. The summed E-state index contributed by atoms with van der Waals surface area (Å²) in [4.78, 5) is 13.1. The van der Waals surface area contributed by atoms with Crippen molar-refractivity contribution in [3.8, 4) is 5.75 Å². The standard InChI is InChI=1S/C18H13NO.CH2O2/c20-16-8-7-12-9-15(6-5-13(12)10-16)18-11-14-3-1-2-4-17(14)19-18;2-1-3/h1-10,20H,11H2;1H,(H,2,3). The van der Waals surface area contributed by atoms with Crippen molar-refractivity contribution in [2.45, 2.75) is 6.42 Å². The lowest BCUT2D eigenvalue weighted by molar-refractivity contribution is -0.122. The van der Waals surface area contributed by atoms with E-state index in [2.05, 4.69) is 30.3 Å². The SMILES string of the molecule is O=CO.Oc1ccc2cc(C3=Nc4ccccc4C3)ccc2c1. The summed E-state index contributed by atoms with van der Waals surface area (Å²) in [6.45, 7) is -0.250. The number of phenolic OH excluding ortho intramolecular Hbond substituents is 1. The molecule has 0 saturated carbocycles. The first-order valence-corrected chi connectivity index (χ1v) is 7.18. The van der Waals surface area contributed by atoms with Gasteiger partial charge in [0.05, 0.1) is 11.4 Å². The van der Waals surface area contributed by atoms with Gasteiger partial charge in [-0.15, -0.1) is 0 Å². The third-order valence-corrected chi connectivity index (χ3v) is 3.76. The Morgan fingerprint density at radius 3 is 2.43 bits per heavy atom. The van der Waals surface area contributed by atoms with Gasteiger partial charge in [0.25, 0.3) is 6.47 Å². The van der Waals surface area contributed by atoms with Gasteiger partial charge in [-0.05, 0) is 46.2 Å². The first-order chi connectivity index (χ1) is 11.2. The van der Waals surface area contributed by atoms with Gasteiger partial charge in [-0.2, -0.15) is 0 Å². The number of carboxylic acid groups (broad SMARTS) is 1. The molecule has 0 fully saturated rings. The Balaban J connectivity index is 0.000000485. The summed E-state index contributed by atoms with van der Waals surface area (Å²) in [6.07, 6.45) is 0.889. The highest BCUT2D eigenvalue weighted by Gasteiger charge is 2.15. The molecule has 0 aliphatic carbocycles. The van der Waals surface area contributed by atoms with E-state index in [4.69, 9.17) is 14.9 Å². The summed E-state index contributed by atoms with van der Waals surface area (Å²) in [5.74, 6) is 0.302. The summed E-state index contributed by atoms with van der Waals surface area (Å²) >= 11 is 0. The van der Waals surface area contributed by atoms with Crippen LogP contribution >= 0.6 is 0 Å². The maximum absolute atomic E-state index is 9.51. The highest BCUT2D eigenvalue weighted by Crippen LogP contribution is 2.29. The van der Waals surface area contributed by atoms with Gasteiger partial charge in [-0.25, -0.2) is 0 Å². The summed E-state index contributed by atoms with van der Waals surface area (Å²) in [7, 11) is 0. The Hall–Kier alpha value is -3.14. The van der Waals surface area contributed by atoms with Gasteiger partial charge in [-0.1, -0.05) is 36.4 Å². The maximum atomic E-state index is 9.51. The Bertz CT molecular complexity index is 900. The molecule has 0 unspecified atom stereocenters. The molecule has 4 nitrogen and oxygen atoms in total. The van der Waals surface area contributed by atoms with E-state index in [1.165, 1.54) is 5.56 Å². The molecule has 3 aromatic carbocycles. The first kappa shape index (κ1) is 14.8. The van der Waals surface area contributed by atoms with Crippen molar-refractivity contribution in [1.29, 1.82) is 0 Å². The topological polar surface area (TPSA) is 69.9 Å². The van der Waals surface area contributed by atoms with E-state index in [-0.39, 0.29) is 6.47 Å². The number of benzene rings is 3. The smallest absolute Gasteiger partial charge is 0.290 e. The van der Waals surface area contributed by atoms with Gasteiger partial charge in [0.1, 0.15) is 5.75 Å². The molecule has 0 atom stereocenters. The number of carbonyl (C=O) groups is 1. The lowest BCUT2D eigenvalue weighted by Gasteiger charge is -2.04. The highest BCUT2D eigenvalue weighted by atomic mass is 16.3. The van der Waals surface area contributed by atoms with E-state index in [0.717, 1.165) is 34.2 Å². The second kappa shape index (κ2) is 6.32. The number of nitrogens with zero attached hydrogens (tertiary/aromatic N) is 1. The van der Waals surface area contributed by atoms with Crippen LogP contribution in [0.3, 0.4) is 0 Å². The van der Waals surface area contributed by atoms with Crippen LogP contribution in [0.5, 0.6) is 5.75 Å². The summed E-state index contributed by atoms with van der Waals surface area (Å²) in [5, 5.41) is 18.6. The molecule has 0 amide bonds. The van der Waals surface area contributed by atoms with E-state index in [1.807, 2.05) is 18.2 Å². The minimum atomic E-state index is -0.250. The number of hydrogen-bond acceptors (Lipinski definition) is 3. The molecule has 0 bridgehead atoms. The fraction of sp³-hybridized carbons (Fsp3) is 0.0526. The van der Waals surface area contributed by atoms with Gasteiger partial charge < -0.3 is 10.2 Å². The Morgan fingerprint density at radius 2 is 1.65 bits per heavy atom. The van der Waals surface area contributed by atoms with E-state index in [9.17, 15) is 5.11 Å². The third-order valence-electron chi connectivity index (χ3n) is 3.76. The van der Waals surface area contributed by atoms with Crippen LogP contribution in [0.2, 0.25) is 0 Å². The molecule has 1 aliphatic rings. The van der Waals surface area contributed by atoms with Crippen molar-refractivity contribution < 1.29 is 15.0 Å². The quantitative estimate of drug-likeness (QED) is 0.669. The first-order valence-electron chi connectivity index (χ1n) is 7.18. The Kier molecular flexibility index (Phi) is 4.06. The largest absolute Gasteiger partial charge is 0.508 e. The average molecular weight is 305 g/mol. The van der Waals surface area contributed by atoms with Crippen LogP contribution < -0.4 is 0 Å². The van der Waals surface area contributed by atoms with Gasteiger partial charge in [0.2, 0.25) is 0 Å². The van der Waals surface area contributed by atoms with Crippen LogP contribution in [0.15, 0.2) is 65.7 Å². The minimum Gasteiger partial charge on any atom is -0.508 e. The van der Waals surface area contributed by atoms with Crippen molar-refractivity contribution >= 4 is 28.6 Å². The molecule has 1 heterocycles. The van der Waals surface area contributed by atoms with Crippen LogP contribution in [0.1, 0.15) is 11.1 Å². The predicted octanol–water partition coefficient (Wildman–Crippen LogP) is 3.92. The number of rotatable bonds is 1. The molecule has 1 aliphatic heterocycles. The summed E-state index contributed by atoms with van der Waals surface area (Å²) in [6, 6.07) is 20.0.